The number of halogens is 4. The molecule has 3 fully saturated rings. The highest BCUT2D eigenvalue weighted by atomic mass is 127. The number of imidazole rings is 3. The zero-order valence-corrected chi connectivity index (χ0v) is 62.0. The Kier molecular flexibility index (Phi) is 33.0. The number of aryl methyl sites for hydroxylation is 4. The summed E-state index contributed by atoms with van der Waals surface area (Å²) >= 11 is 6.80. The van der Waals surface area contributed by atoms with Crippen LogP contribution >= 0.6 is 67.8 Å². The number of aromatic nitrogens is 9. The first-order chi connectivity index (χ1) is 45.9. The van der Waals surface area contributed by atoms with Gasteiger partial charge in [0.2, 0.25) is 0 Å². The Morgan fingerprint density at radius 1 is 0.545 bits per heavy atom. The Morgan fingerprint density at radius 3 is 1.42 bits per heavy atom. The van der Waals surface area contributed by atoms with Gasteiger partial charge in [0.05, 0.1) is 23.7 Å². The van der Waals surface area contributed by atoms with E-state index < -0.39 is 10.1 Å². The van der Waals surface area contributed by atoms with Crippen LogP contribution in [0.25, 0.3) is 34.0 Å². The van der Waals surface area contributed by atoms with Crippen molar-refractivity contribution in [1.29, 1.82) is 0 Å². The summed E-state index contributed by atoms with van der Waals surface area (Å²) in [5.41, 5.74) is 9.10. The number of nitrogens with one attached hydrogen (secondary N) is 1. The summed E-state index contributed by atoms with van der Waals surface area (Å²) in [5, 5.41) is 12.4. The molecule has 6 atom stereocenters. The summed E-state index contributed by atoms with van der Waals surface area (Å²) in [6, 6.07) is 36.3. The van der Waals surface area contributed by atoms with Crippen LogP contribution in [0.5, 0.6) is 0 Å². The van der Waals surface area contributed by atoms with Crippen molar-refractivity contribution in [3.63, 3.8) is 0 Å². The maximum absolute atomic E-state index is 12.1. The first-order valence-corrected chi connectivity index (χ1v) is 36.5. The molecule has 99 heavy (non-hydrogen) atoms. The van der Waals surface area contributed by atoms with Gasteiger partial charge in [-0.25, -0.2) is 15.0 Å². The van der Waals surface area contributed by atoms with Gasteiger partial charge in [-0.1, -0.05) is 91.8 Å². The molecule has 0 bridgehead atoms. The first-order valence-electron chi connectivity index (χ1n) is 31.9. The maximum Gasteiger partial charge on any atom is 0.297 e. The third kappa shape index (κ3) is 24.3. The molecule has 0 radical (unpaired) electrons. The average Bonchev–Trinajstić information content (AvgIpc) is 1.72. The lowest BCUT2D eigenvalue weighted by Gasteiger charge is -2.26. The third-order valence-corrected chi connectivity index (χ3v) is 19.2. The SMILES string of the molecule is C.C.C.Cc1ccc(S(=O)(=O)OCc2cc(-c3ccc(I)cc3)on2)cc1.Cc1cn(Cc2cc(-c3ccc(I)cc3)on2)c([C@H](C)OC2CCCCO2)n1.Cc1cnc([C@H](C)OC2CCCCO2)[nH]1.Cc1cnc([C@H](C)OC2CCCCO2)n1Cc1cc(-c2ccc(I)cc2)on1.[F-]. The lowest BCUT2D eigenvalue weighted by atomic mass is 10.1. The van der Waals surface area contributed by atoms with E-state index in [0.29, 0.717) is 24.5 Å². The van der Waals surface area contributed by atoms with Crippen LogP contribution in [-0.4, -0.2) is 91.6 Å². The van der Waals surface area contributed by atoms with Crippen LogP contribution in [0.2, 0.25) is 0 Å². The first kappa shape index (κ1) is 81.9. The van der Waals surface area contributed by atoms with Gasteiger partial charge < -0.3 is 60.8 Å². The van der Waals surface area contributed by atoms with Gasteiger partial charge in [0, 0.05) is 95.4 Å². The lowest BCUT2D eigenvalue weighted by Crippen LogP contribution is -3.00. The van der Waals surface area contributed by atoms with E-state index in [1.807, 2.05) is 128 Å². The third-order valence-electron chi connectivity index (χ3n) is 15.7. The zero-order valence-electron chi connectivity index (χ0n) is 54.7. The molecule has 26 heteroatoms. The van der Waals surface area contributed by atoms with Crippen LogP contribution in [0.15, 0.2) is 152 Å². The monoisotopic (exact) mass is 1720 g/mol. The van der Waals surface area contributed by atoms with Crippen molar-refractivity contribution in [2.75, 3.05) is 19.8 Å². The molecular weight excluding hydrogens is 1630 g/mol. The molecule has 0 amide bonds. The fraction of sp³-hybridized carbons (Fsp3) is 0.425. The molecule has 9 heterocycles. The average molecular weight is 1720 g/mol. The minimum atomic E-state index is -3.82. The van der Waals surface area contributed by atoms with Gasteiger partial charge in [-0.2, -0.15) is 8.42 Å². The largest absolute Gasteiger partial charge is 1.00 e. The van der Waals surface area contributed by atoms with Crippen LogP contribution in [0.4, 0.5) is 0 Å². The van der Waals surface area contributed by atoms with E-state index in [-0.39, 0.29) is 75.7 Å². The van der Waals surface area contributed by atoms with Gasteiger partial charge in [0.15, 0.2) is 36.2 Å². The van der Waals surface area contributed by atoms with E-state index >= 15 is 0 Å². The van der Waals surface area contributed by atoms with Crippen molar-refractivity contribution in [3.05, 3.63) is 202 Å². The second kappa shape index (κ2) is 40.0. The summed E-state index contributed by atoms with van der Waals surface area (Å²) in [5.74, 6) is 4.74. The van der Waals surface area contributed by atoms with Crippen LogP contribution < -0.4 is 4.70 Å². The maximum atomic E-state index is 12.1. The van der Waals surface area contributed by atoms with Crippen LogP contribution in [0.3, 0.4) is 0 Å². The molecule has 10 aromatic rings. The number of benzene rings is 4. The molecule has 6 aromatic heterocycles. The van der Waals surface area contributed by atoms with Gasteiger partial charge in [-0.15, -0.1) is 0 Å². The number of aromatic amines is 1. The number of rotatable bonds is 20. The van der Waals surface area contributed by atoms with E-state index in [1.54, 1.807) is 18.2 Å². The van der Waals surface area contributed by atoms with E-state index in [2.05, 4.69) is 137 Å². The molecule has 3 saturated heterocycles. The van der Waals surface area contributed by atoms with E-state index in [9.17, 15) is 8.42 Å². The van der Waals surface area contributed by atoms with E-state index in [0.717, 1.165) is 154 Å². The number of nitrogens with zero attached hydrogens (tertiary/aromatic N) is 8. The fourth-order valence-electron chi connectivity index (χ4n) is 10.6. The van der Waals surface area contributed by atoms with Gasteiger partial charge in [-0.05, 0) is 223 Å². The smallest absolute Gasteiger partial charge is 0.297 e. The summed E-state index contributed by atoms with van der Waals surface area (Å²) in [6.07, 6.45) is 14.7. The van der Waals surface area contributed by atoms with Gasteiger partial charge in [-0.3, -0.25) is 4.18 Å². The molecule has 1 N–H and O–H groups in total. The highest BCUT2D eigenvalue weighted by molar-refractivity contribution is 14.1. The second-order valence-electron chi connectivity index (χ2n) is 23.5. The van der Waals surface area contributed by atoms with Crippen molar-refractivity contribution < 1.29 is 59.3 Å². The highest BCUT2D eigenvalue weighted by Crippen LogP contribution is 2.30. The predicted molar refractivity (Wildman–Crippen MR) is 402 cm³/mol. The van der Waals surface area contributed by atoms with E-state index in [4.69, 9.17) is 46.2 Å². The van der Waals surface area contributed by atoms with Crippen LogP contribution in [0.1, 0.15) is 176 Å². The Morgan fingerprint density at radius 2 is 0.980 bits per heavy atom. The van der Waals surface area contributed by atoms with Gasteiger partial charge in [0.25, 0.3) is 10.1 Å². The zero-order chi connectivity index (χ0) is 66.8. The fourth-order valence-corrected chi connectivity index (χ4v) is 12.6. The Balaban J connectivity index is 0.000000210. The van der Waals surface area contributed by atoms with Crippen molar-refractivity contribution in [2.45, 2.75) is 190 Å². The number of hydrogen-bond donors (Lipinski definition) is 1. The van der Waals surface area contributed by atoms with Crippen LogP contribution in [0, 0.1) is 38.4 Å². The lowest BCUT2D eigenvalue weighted by molar-refractivity contribution is -0.188. The topological polar surface area (TPSA) is 241 Å². The Bertz CT molecular complexity index is 4060. The molecule has 4 aromatic carbocycles. The van der Waals surface area contributed by atoms with Gasteiger partial charge >= 0.3 is 0 Å². The second-order valence-corrected chi connectivity index (χ2v) is 28.8. The number of H-pyrrole nitrogens is 1. The van der Waals surface area contributed by atoms with Crippen LogP contribution in [-0.2, 0) is 62.4 Å². The minimum absolute atomic E-state index is 0. The number of ether oxygens (including phenoxy) is 6. The molecule has 3 aliphatic heterocycles. The summed E-state index contributed by atoms with van der Waals surface area (Å²) in [4.78, 5) is 16.8. The molecule has 0 spiro atoms. The van der Waals surface area contributed by atoms with Crippen molar-refractivity contribution in [2.24, 2.45) is 0 Å². The quantitative estimate of drug-likeness (QED) is 0.0551. The Labute approximate surface area is 622 Å². The molecule has 536 valence electrons. The van der Waals surface area contributed by atoms with Gasteiger partial charge in [0.1, 0.15) is 59.5 Å². The standard InChI is InChI=1S/2C21H24IN3O3.C17H14INO4S.C11H18N2O2.3CH4.FH/c1-14-12-25(21(23-14)15(2)27-20-5-3-4-10-26-20)13-18-11-19(28-24-18)16-6-8-17(22)9-7-16;1-14-12-23-21(15(2)27-20-5-3-4-10-26-20)25(14)13-18-11-19(28-24-18)16-6-8-17(22)9-7-16;1-12-2-8-16(9-3-12)24(20,21)22-11-15-10-17(23-19-15)13-4-6-14(18)7-5-13;1-8-7-12-11(13-8)9(2)15-10-5-3-4-6-14-10;;;;/h2*6-9,11-12,15,20H,3-5,10,13H2,1-2H3;2-10H,11H2,1H3;7,9-10H,3-6H2,1-2H3,(H,12,13);3*1H4;1H/p-1/t2*15-,20?;;9-,10?;;;;/m00.0..../s1. The molecule has 0 saturated carbocycles. The molecule has 3 unspecified atom stereocenters. The van der Waals surface area contributed by atoms with Crippen molar-refractivity contribution >= 4 is 77.9 Å². The van der Waals surface area contributed by atoms with E-state index in [1.165, 1.54) is 25.7 Å². The molecule has 3 aliphatic rings. The minimum Gasteiger partial charge on any atom is -1.00 e. The molecule has 21 nitrogen and oxygen atoms in total. The summed E-state index contributed by atoms with van der Waals surface area (Å²) < 4.78 is 88.3. The summed E-state index contributed by atoms with van der Waals surface area (Å²) in [6.45, 7) is 17.3. The molecule has 13 rings (SSSR count). The van der Waals surface area contributed by atoms with Crippen molar-refractivity contribution in [3.8, 4) is 34.0 Å². The predicted octanol–water partition coefficient (Wildman–Crippen LogP) is 15.6. The van der Waals surface area contributed by atoms with Crippen molar-refractivity contribution in [1.82, 2.24) is 44.5 Å². The highest BCUT2D eigenvalue weighted by Gasteiger charge is 2.26. The molecule has 0 aliphatic carbocycles. The summed E-state index contributed by atoms with van der Waals surface area (Å²) in [7, 11) is -3.82. The molecular formula is C73H92FI3N9O12S-. The normalized spacial score (nSPS) is 16.8. The number of hydrogen-bond acceptors (Lipinski definition) is 18. The Hall–Kier alpha value is -6.07.